The van der Waals surface area contributed by atoms with Crippen LogP contribution in [0.1, 0.15) is 20.7 Å². The molecule has 2 N–H and O–H groups in total. The summed E-state index contributed by atoms with van der Waals surface area (Å²) in [6.45, 7) is 0. The number of nitrogens with zero attached hydrogens (tertiary/aromatic N) is 1. The molecule has 5 amide bonds. The Bertz CT molecular complexity index is 657. The van der Waals surface area contributed by atoms with E-state index in [4.69, 9.17) is 0 Å². The van der Waals surface area contributed by atoms with E-state index in [1.165, 1.54) is 12.1 Å². The van der Waals surface area contributed by atoms with E-state index in [9.17, 15) is 23.6 Å². The Hall–Kier alpha value is -2.77. The maximum Gasteiger partial charge on any atom is 0.323 e. The van der Waals surface area contributed by atoms with Crippen LogP contribution in [-0.2, 0) is 4.79 Å². The Morgan fingerprint density at radius 1 is 1.11 bits per heavy atom. The van der Waals surface area contributed by atoms with E-state index in [1.54, 1.807) is 0 Å². The highest BCUT2D eigenvalue weighted by Gasteiger charge is 2.47. The second-order valence-corrected chi connectivity index (χ2v) is 4.01. The van der Waals surface area contributed by atoms with E-state index < -0.39 is 35.7 Å². The Balaban J connectivity index is 2.06. The number of carbonyl (C=O) groups is 4. The lowest BCUT2D eigenvalue weighted by atomic mass is 10.1. The number of amides is 5. The zero-order valence-electron chi connectivity index (χ0n) is 9.27. The molecule has 1 fully saturated rings. The van der Waals surface area contributed by atoms with Crippen molar-refractivity contribution >= 4 is 23.8 Å². The smallest absolute Gasteiger partial charge is 0.309 e. The summed E-state index contributed by atoms with van der Waals surface area (Å²) in [5.41, 5.74) is -0.514. The monoisotopic (exact) mass is 263 g/mol. The summed E-state index contributed by atoms with van der Waals surface area (Å²) < 4.78 is 13.6. The van der Waals surface area contributed by atoms with Crippen molar-refractivity contribution in [3.63, 3.8) is 0 Å². The number of hydrogen-bond donors (Lipinski definition) is 2. The molecule has 0 spiro atoms. The lowest BCUT2D eigenvalue weighted by Crippen LogP contribution is -2.49. The second kappa shape index (κ2) is 3.61. The molecule has 1 saturated heterocycles. The summed E-state index contributed by atoms with van der Waals surface area (Å²) in [5.74, 6) is -3.44. The van der Waals surface area contributed by atoms with Gasteiger partial charge in [-0.05, 0) is 12.1 Å². The molecule has 2 aliphatic rings. The minimum Gasteiger partial charge on any atom is -0.309 e. The van der Waals surface area contributed by atoms with Gasteiger partial charge in [0.2, 0.25) is 0 Å². The van der Waals surface area contributed by atoms with Gasteiger partial charge in [-0.3, -0.25) is 19.7 Å². The van der Waals surface area contributed by atoms with E-state index in [0.29, 0.717) is 4.90 Å². The van der Waals surface area contributed by atoms with Gasteiger partial charge >= 0.3 is 6.03 Å². The molecule has 8 heteroatoms. The van der Waals surface area contributed by atoms with E-state index in [0.717, 1.165) is 6.07 Å². The van der Waals surface area contributed by atoms with Gasteiger partial charge in [-0.1, -0.05) is 6.07 Å². The highest BCUT2D eigenvalue weighted by atomic mass is 19.1. The summed E-state index contributed by atoms with van der Waals surface area (Å²) in [4.78, 5) is 47.0. The van der Waals surface area contributed by atoms with Crippen molar-refractivity contribution in [3.8, 4) is 0 Å². The largest absolute Gasteiger partial charge is 0.323 e. The van der Waals surface area contributed by atoms with Gasteiger partial charge in [0.15, 0.2) is 6.17 Å². The second-order valence-electron chi connectivity index (χ2n) is 4.01. The minimum atomic E-state index is -1.45. The summed E-state index contributed by atoms with van der Waals surface area (Å²) >= 11 is 0. The van der Waals surface area contributed by atoms with Crippen LogP contribution >= 0.6 is 0 Å². The first-order valence-electron chi connectivity index (χ1n) is 5.28. The number of fused-ring (bicyclic) bond motifs is 1. The fourth-order valence-corrected chi connectivity index (χ4v) is 2.08. The first-order valence-corrected chi connectivity index (χ1v) is 5.28. The van der Waals surface area contributed by atoms with E-state index in [1.807, 2.05) is 5.32 Å². The number of hydrogen-bond acceptors (Lipinski definition) is 4. The molecule has 7 nitrogen and oxygen atoms in total. The quantitative estimate of drug-likeness (QED) is 0.531. The summed E-state index contributed by atoms with van der Waals surface area (Å²) in [6, 6.07) is 2.80. The van der Waals surface area contributed by atoms with Gasteiger partial charge < -0.3 is 5.32 Å². The number of carbonyl (C=O) groups excluding carboxylic acids is 4. The van der Waals surface area contributed by atoms with Crippen LogP contribution < -0.4 is 10.6 Å². The summed E-state index contributed by atoms with van der Waals surface area (Å²) in [5, 5.41) is 4.02. The number of urea groups is 1. The summed E-state index contributed by atoms with van der Waals surface area (Å²) in [6.07, 6.45) is -1.45. The highest BCUT2D eigenvalue weighted by Crippen LogP contribution is 2.26. The number of imide groups is 2. The van der Waals surface area contributed by atoms with Crippen LogP contribution in [0.2, 0.25) is 0 Å². The normalized spacial score (nSPS) is 21.5. The van der Waals surface area contributed by atoms with Gasteiger partial charge in [-0.15, -0.1) is 0 Å². The third kappa shape index (κ3) is 1.43. The molecule has 1 unspecified atom stereocenters. The van der Waals surface area contributed by atoms with Gasteiger partial charge in [-0.25, -0.2) is 14.1 Å². The first kappa shape index (κ1) is 11.3. The molecule has 1 aromatic rings. The van der Waals surface area contributed by atoms with Crippen LogP contribution in [0.3, 0.4) is 0 Å². The third-order valence-corrected chi connectivity index (χ3v) is 2.91. The Labute approximate surface area is 105 Å². The van der Waals surface area contributed by atoms with Crippen molar-refractivity contribution < 1.29 is 23.6 Å². The van der Waals surface area contributed by atoms with E-state index >= 15 is 0 Å². The van der Waals surface area contributed by atoms with Crippen molar-refractivity contribution in [1.82, 2.24) is 15.5 Å². The molecule has 0 aromatic heterocycles. The standard InChI is InChI=1S/C11H6FN3O4/c12-5-3-1-2-4-6(5)10(18)15(9(4)17)7-8(16)14-11(19)13-7/h1-3,7H,(H2,13,14,16,19). The van der Waals surface area contributed by atoms with E-state index in [-0.39, 0.29) is 11.1 Å². The summed E-state index contributed by atoms with van der Waals surface area (Å²) in [7, 11) is 0. The van der Waals surface area contributed by atoms with Crippen LogP contribution in [0.25, 0.3) is 0 Å². The number of rotatable bonds is 1. The molecule has 19 heavy (non-hydrogen) atoms. The Kier molecular flexibility index (Phi) is 2.15. The molecule has 0 radical (unpaired) electrons. The van der Waals surface area contributed by atoms with Crippen LogP contribution in [0.4, 0.5) is 9.18 Å². The van der Waals surface area contributed by atoms with Gasteiger partial charge in [0.1, 0.15) is 5.82 Å². The number of benzene rings is 1. The maximum atomic E-state index is 13.6. The molecule has 0 aliphatic carbocycles. The fourth-order valence-electron chi connectivity index (χ4n) is 2.08. The first-order chi connectivity index (χ1) is 9.00. The predicted molar refractivity (Wildman–Crippen MR) is 57.4 cm³/mol. The molecular weight excluding hydrogens is 257 g/mol. The van der Waals surface area contributed by atoms with Gasteiger partial charge in [0.25, 0.3) is 17.7 Å². The molecule has 3 rings (SSSR count). The SMILES string of the molecule is O=C1NC(=O)C(N2C(=O)c3cccc(F)c3C2=O)N1. The predicted octanol–water partition coefficient (Wildman–Crippen LogP) is -0.413. The minimum absolute atomic E-state index is 0.126. The highest BCUT2D eigenvalue weighted by molar-refractivity contribution is 6.24. The molecule has 0 bridgehead atoms. The van der Waals surface area contributed by atoms with E-state index in [2.05, 4.69) is 5.32 Å². The van der Waals surface area contributed by atoms with Crippen LogP contribution in [0.15, 0.2) is 18.2 Å². The van der Waals surface area contributed by atoms with Gasteiger partial charge in [-0.2, -0.15) is 0 Å². The number of nitrogens with one attached hydrogen (secondary N) is 2. The van der Waals surface area contributed by atoms with Crippen molar-refractivity contribution in [2.45, 2.75) is 6.17 Å². The molecule has 0 saturated carbocycles. The lowest BCUT2D eigenvalue weighted by Gasteiger charge is -2.18. The van der Waals surface area contributed by atoms with Crippen LogP contribution in [-0.4, -0.2) is 34.8 Å². The van der Waals surface area contributed by atoms with Gasteiger partial charge in [0.05, 0.1) is 11.1 Å². The van der Waals surface area contributed by atoms with Gasteiger partial charge in [0, 0.05) is 0 Å². The third-order valence-electron chi connectivity index (χ3n) is 2.91. The molecule has 96 valence electrons. The Morgan fingerprint density at radius 3 is 2.42 bits per heavy atom. The molecule has 1 atom stereocenters. The van der Waals surface area contributed by atoms with Crippen LogP contribution in [0.5, 0.6) is 0 Å². The van der Waals surface area contributed by atoms with Crippen molar-refractivity contribution in [3.05, 3.63) is 35.1 Å². The van der Waals surface area contributed by atoms with Crippen LogP contribution in [0, 0.1) is 5.82 Å². The average molecular weight is 263 g/mol. The Morgan fingerprint density at radius 2 is 1.84 bits per heavy atom. The fraction of sp³-hybridized carbons (Fsp3) is 0.0909. The topological polar surface area (TPSA) is 95.6 Å². The van der Waals surface area contributed by atoms with Crippen molar-refractivity contribution in [2.75, 3.05) is 0 Å². The van der Waals surface area contributed by atoms with Crippen molar-refractivity contribution in [2.24, 2.45) is 0 Å². The zero-order chi connectivity index (χ0) is 13.7. The average Bonchev–Trinajstić information content (AvgIpc) is 2.79. The molecule has 2 heterocycles. The molecular formula is C11H6FN3O4. The lowest BCUT2D eigenvalue weighted by molar-refractivity contribution is -0.122. The molecule has 1 aromatic carbocycles. The molecule has 2 aliphatic heterocycles. The number of halogens is 1. The van der Waals surface area contributed by atoms with Crippen molar-refractivity contribution in [1.29, 1.82) is 0 Å². The maximum absolute atomic E-state index is 13.6. The zero-order valence-corrected chi connectivity index (χ0v) is 9.27.